The molecule has 1 aromatic carbocycles. The van der Waals surface area contributed by atoms with Gasteiger partial charge in [-0.3, -0.25) is 4.98 Å². The fourth-order valence-corrected chi connectivity index (χ4v) is 3.29. The highest BCUT2D eigenvalue weighted by molar-refractivity contribution is 5.81. The Morgan fingerprint density at radius 3 is 2.57 bits per heavy atom. The summed E-state index contributed by atoms with van der Waals surface area (Å²) >= 11 is 0. The van der Waals surface area contributed by atoms with Crippen LogP contribution in [-0.2, 0) is 11.3 Å². The molecule has 1 aliphatic rings. The SMILES string of the molecule is NCC1(OCc2cccc3cccnc23)CCCCCC1. The van der Waals surface area contributed by atoms with Crippen molar-refractivity contribution in [1.82, 2.24) is 4.98 Å². The van der Waals surface area contributed by atoms with Gasteiger partial charge in [-0.25, -0.2) is 0 Å². The zero-order valence-electron chi connectivity index (χ0n) is 12.6. The maximum absolute atomic E-state index is 6.33. The van der Waals surface area contributed by atoms with Crippen molar-refractivity contribution in [3.63, 3.8) is 0 Å². The second-order valence-corrected chi connectivity index (χ2v) is 6.08. The summed E-state index contributed by atoms with van der Waals surface area (Å²) < 4.78 is 6.33. The molecule has 0 unspecified atom stereocenters. The van der Waals surface area contributed by atoms with Crippen molar-refractivity contribution in [2.75, 3.05) is 6.54 Å². The summed E-state index contributed by atoms with van der Waals surface area (Å²) in [7, 11) is 0. The van der Waals surface area contributed by atoms with Gasteiger partial charge >= 0.3 is 0 Å². The molecule has 112 valence electrons. The van der Waals surface area contributed by atoms with Crippen molar-refractivity contribution in [3.8, 4) is 0 Å². The Balaban J connectivity index is 1.78. The van der Waals surface area contributed by atoms with Gasteiger partial charge in [0, 0.05) is 23.7 Å². The Kier molecular flexibility index (Phi) is 4.51. The first kappa shape index (κ1) is 14.5. The van der Waals surface area contributed by atoms with Crippen molar-refractivity contribution in [2.45, 2.75) is 50.7 Å². The molecule has 1 aliphatic carbocycles. The van der Waals surface area contributed by atoms with Crippen LogP contribution in [0.4, 0.5) is 0 Å². The molecular formula is C18H24N2O. The first-order chi connectivity index (χ1) is 10.3. The average molecular weight is 284 g/mol. The number of hydrogen-bond acceptors (Lipinski definition) is 3. The van der Waals surface area contributed by atoms with E-state index in [-0.39, 0.29) is 5.60 Å². The predicted molar refractivity (Wildman–Crippen MR) is 86.0 cm³/mol. The summed E-state index contributed by atoms with van der Waals surface area (Å²) in [5.74, 6) is 0. The molecule has 2 N–H and O–H groups in total. The Hall–Kier alpha value is -1.45. The summed E-state index contributed by atoms with van der Waals surface area (Å²) in [5, 5.41) is 1.17. The minimum atomic E-state index is -0.132. The number of hydrogen-bond donors (Lipinski definition) is 1. The molecule has 0 radical (unpaired) electrons. The normalized spacial score (nSPS) is 18.5. The van der Waals surface area contributed by atoms with Crippen molar-refractivity contribution >= 4 is 10.9 Å². The average Bonchev–Trinajstić information content (AvgIpc) is 2.79. The fourth-order valence-electron chi connectivity index (χ4n) is 3.29. The number of rotatable bonds is 4. The van der Waals surface area contributed by atoms with Crippen LogP contribution in [0.1, 0.15) is 44.1 Å². The summed E-state index contributed by atoms with van der Waals surface area (Å²) in [6.07, 6.45) is 9.08. The molecule has 1 heterocycles. The molecule has 1 saturated carbocycles. The second kappa shape index (κ2) is 6.54. The fraction of sp³-hybridized carbons (Fsp3) is 0.500. The third-order valence-corrected chi connectivity index (χ3v) is 4.64. The maximum atomic E-state index is 6.33. The largest absolute Gasteiger partial charge is 0.369 e. The zero-order valence-corrected chi connectivity index (χ0v) is 12.6. The van der Waals surface area contributed by atoms with Gasteiger partial charge in [-0.1, -0.05) is 49.9 Å². The maximum Gasteiger partial charge on any atom is 0.0808 e. The van der Waals surface area contributed by atoms with Crippen molar-refractivity contribution in [1.29, 1.82) is 0 Å². The molecule has 0 aliphatic heterocycles. The molecular weight excluding hydrogens is 260 g/mol. The summed E-state index contributed by atoms with van der Waals surface area (Å²) in [6.45, 7) is 1.22. The molecule has 3 heteroatoms. The van der Waals surface area contributed by atoms with Gasteiger partial charge in [0.2, 0.25) is 0 Å². The number of nitrogens with two attached hydrogens (primary N) is 1. The van der Waals surface area contributed by atoms with Gasteiger partial charge in [-0.15, -0.1) is 0 Å². The lowest BCUT2D eigenvalue weighted by atomic mass is 9.94. The van der Waals surface area contributed by atoms with Crippen molar-refractivity contribution < 1.29 is 4.74 Å². The van der Waals surface area contributed by atoms with E-state index in [2.05, 4.69) is 29.2 Å². The van der Waals surface area contributed by atoms with Crippen molar-refractivity contribution in [3.05, 3.63) is 42.1 Å². The monoisotopic (exact) mass is 284 g/mol. The molecule has 21 heavy (non-hydrogen) atoms. The van der Waals surface area contributed by atoms with Crippen LogP contribution < -0.4 is 5.73 Å². The van der Waals surface area contributed by atoms with E-state index in [0.717, 1.165) is 23.9 Å². The van der Waals surface area contributed by atoms with Crippen LogP contribution in [0.25, 0.3) is 10.9 Å². The van der Waals surface area contributed by atoms with E-state index < -0.39 is 0 Å². The van der Waals surface area contributed by atoms with Crippen LogP contribution in [0.5, 0.6) is 0 Å². The quantitative estimate of drug-likeness (QED) is 0.869. The molecule has 2 aromatic rings. The number of aromatic nitrogens is 1. The number of ether oxygens (including phenoxy) is 1. The van der Waals surface area contributed by atoms with E-state index in [1.807, 2.05) is 12.3 Å². The van der Waals surface area contributed by atoms with Crippen LogP contribution >= 0.6 is 0 Å². The molecule has 0 spiro atoms. The third-order valence-electron chi connectivity index (χ3n) is 4.64. The summed E-state index contributed by atoms with van der Waals surface area (Å²) in [6, 6.07) is 10.3. The predicted octanol–water partition coefficient (Wildman–Crippen LogP) is 3.80. The van der Waals surface area contributed by atoms with E-state index in [4.69, 9.17) is 10.5 Å². The number of pyridine rings is 1. The lowest BCUT2D eigenvalue weighted by molar-refractivity contribution is -0.0598. The Labute approximate surface area is 126 Å². The highest BCUT2D eigenvalue weighted by atomic mass is 16.5. The van der Waals surface area contributed by atoms with Gasteiger partial charge in [-0.2, -0.15) is 0 Å². The van der Waals surface area contributed by atoms with Crippen LogP contribution in [0.3, 0.4) is 0 Å². The highest BCUT2D eigenvalue weighted by Gasteiger charge is 2.30. The molecule has 0 saturated heterocycles. The van der Waals surface area contributed by atoms with Gasteiger partial charge in [0.05, 0.1) is 17.7 Å². The van der Waals surface area contributed by atoms with Crippen LogP contribution in [-0.4, -0.2) is 17.1 Å². The summed E-state index contributed by atoms with van der Waals surface area (Å²) in [5.41, 5.74) is 8.11. The molecule has 0 atom stereocenters. The Morgan fingerprint density at radius 2 is 1.81 bits per heavy atom. The Morgan fingerprint density at radius 1 is 1.05 bits per heavy atom. The second-order valence-electron chi connectivity index (χ2n) is 6.08. The van der Waals surface area contributed by atoms with Crippen LogP contribution in [0, 0.1) is 0 Å². The van der Waals surface area contributed by atoms with Gasteiger partial charge in [-0.05, 0) is 18.9 Å². The number of nitrogens with zero attached hydrogens (tertiary/aromatic N) is 1. The first-order valence-electron chi connectivity index (χ1n) is 8.00. The van der Waals surface area contributed by atoms with Crippen LogP contribution in [0.15, 0.2) is 36.5 Å². The lowest BCUT2D eigenvalue weighted by Crippen LogP contribution is -2.40. The zero-order chi connectivity index (χ0) is 14.5. The molecule has 3 rings (SSSR count). The Bertz CT molecular complexity index is 583. The minimum Gasteiger partial charge on any atom is -0.369 e. The number of para-hydroxylation sites is 1. The molecule has 0 amide bonds. The highest BCUT2D eigenvalue weighted by Crippen LogP contribution is 2.31. The van der Waals surface area contributed by atoms with Gasteiger partial charge < -0.3 is 10.5 Å². The first-order valence-corrected chi connectivity index (χ1v) is 8.00. The van der Waals surface area contributed by atoms with E-state index in [1.165, 1.54) is 31.1 Å². The molecule has 3 nitrogen and oxygen atoms in total. The molecule has 0 bridgehead atoms. The molecule has 1 aromatic heterocycles. The van der Waals surface area contributed by atoms with Gasteiger partial charge in [0.1, 0.15) is 0 Å². The van der Waals surface area contributed by atoms with E-state index in [1.54, 1.807) is 0 Å². The minimum absolute atomic E-state index is 0.132. The van der Waals surface area contributed by atoms with E-state index in [0.29, 0.717) is 13.2 Å². The van der Waals surface area contributed by atoms with E-state index in [9.17, 15) is 0 Å². The van der Waals surface area contributed by atoms with E-state index >= 15 is 0 Å². The number of benzene rings is 1. The summed E-state index contributed by atoms with van der Waals surface area (Å²) in [4.78, 5) is 4.50. The smallest absolute Gasteiger partial charge is 0.0808 e. The van der Waals surface area contributed by atoms with Crippen molar-refractivity contribution in [2.24, 2.45) is 5.73 Å². The van der Waals surface area contributed by atoms with Gasteiger partial charge in [0.25, 0.3) is 0 Å². The standard InChI is InChI=1S/C18H24N2O/c19-14-18(10-3-1-2-4-11-18)21-13-16-8-5-7-15-9-6-12-20-17(15)16/h5-9,12H,1-4,10-11,13-14,19H2. The number of fused-ring (bicyclic) bond motifs is 1. The molecule has 1 fully saturated rings. The van der Waals surface area contributed by atoms with Gasteiger partial charge in [0.15, 0.2) is 0 Å². The lowest BCUT2D eigenvalue weighted by Gasteiger charge is -2.31. The topological polar surface area (TPSA) is 48.1 Å². The van der Waals surface area contributed by atoms with Crippen LogP contribution in [0.2, 0.25) is 0 Å². The third kappa shape index (κ3) is 3.25.